The Labute approximate surface area is 183 Å². The molecule has 0 unspecified atom stereocenters. The van der Waals surface area contributed by atoms with Gasteiger partial charge in [0.25, 0.3) is 0 Å². The Morgan fingerprint density at radius 2 is 1.97 bits per heavy atom. The normalized spacial score (nSPS) is 17.1. The van der Waals surface area contributed by atoms with Gasteiger partial charge in [-0.2, -0.15) is 0 Å². The predicted octanol–water partition coefficient (Wildman–Crippen LogP) is 2.19. The molecule has 4 rings (SSSR count). The average Bonchev–Trinajstić information content (AvgIpc) is 3.00. The monoisotopic (exact) mass is 424 g/mol. The SMILES string of the molecule is [B]c1cc2n(c1)Cc1cc(Cl)ccc1N=C2N1CCN(CC(C)(C)C(=O)OC)CC1. The first kappa shape index (κ1) is 21.0. The van der Waals surface area contributed by atoms with Gasteiger partial charge in [0.2, 0.25) is 0 Å². The van der Waals surface area contributed by atoms with E-state index in [1.54, 1.807) is 0 Å². The second-order valence-corrected chi connectivity index (χ2v) is 9.07. The lowest BCUT2D eigenvalue weighted by atomic mass is 9.92. The third kappa shape index (κ3) is 4.14. The molecule has 0 atom stereocenters. The number of carbonyl (C=O) groups is 1. The molecule has 8 heteroatoms. The second kappa shape index (κ2) is 8.12. The van der Waals surface area contributed by atoms with E-state index in [2.05, 4.69) is 14.4 Å². The number of aromatic nitrogens is 1. The van der Waals surface area contributed by atoms with Crippen LogP contribution in [0.15, 0.2) is 35.5 Å². The first-order valence-electron chi connectivity index (χ1n) is 10.2. The molecule has 2 radical (unpaired) electrons. The van der Waals surface area contributed by atoms with Crippen molar-refractivity contribution in [1.29, 1.82) is 0 Å². The molecule has 30 heavy (non-hydrogen) atoms. The molecule has 1 fully saturated rings. The highest BCUT2D eigenvalue weighted by atomic mass is 35.5. The summed E-state index contributed by atoms with van der Waals surface area (Å²) in [6.07, 6.45) is 1.95. The Hall–Kier alpha value is -2.25. The number of hydrogen-bond acceptors (Lipinski definition) is 5. The number of ether oxygens (including phenoxy) is 1. The number of halogens is 1. The first-order valence-corrected chi connectivity index (χ1v) is 10.5. The van der Waals surface area contributed by atoms with Gasteiger partial charge in [0.05, 0.1) is 23.9 Å². The minimum absolute atomic E-state index is 0.179. The summed E-state index contributed by atoms with van der Waals surface area (Å²) in [4.78, 5) is 21.7. The summed E-state index contributed by atoms with van der Waals surface area (Å²) in [5, 5.41) is 0.705. The van der Waals surface area contributed by atoms with Crippen molar-refractivity contribution in [2.75, 3.05) is 39.8 Å². The van der Waals surface area contributed by atoms with Gasteiger partial charge < -0.3 is 14.2 Å². The zero-order chi connectivity index (χ0) is 21.5. The van der Waals surface area contributed by atoms with Crippen LogP contribution in [0.4, 0.5) is 5.69 Å². The lowest BCUT2D eigenvalue weighted by molar-refractivity contribution is -0.152. The third-order valence-corrected chi connectivity index (χ3v) is 6.02. The summed E-state index contributed by atoms with van der Waals surface area (Å²) < 4.78 is 7.09. The van der Waals surface area contributed by atoms with Gasteiger partial charge in [0.1, 0.15) is 7.85 Å². The molecule has 1 saturated heterocycles. The van der Waals surface area contributed by atoms with Gasteiger partial charge in [-0.25, -0.2) is 4.99 Å². The summed E-state index contributed by atoms with van der Waals surface area (Å²) in [6.45, 7) is 8.56. The van der Waals surface area contributed by atoms with Crippen LogP contribution >= 0.6 is 11.6 Å². The van der Waals surface area contributed by atoms with Crippen LogP contribution in [-0.4, -0.2) is 73.9 Å². The molecule has 3 heterocycles. The molecule has 1 aromatic carbocycles. The number of esters is 1. The van der Waals surface area contributed by atoms with E-state index in [-0.39, 0.29) is 5.97 Å². The van der Waals surface area contributed by atoms with Gasteiger partial charge in [-0.1, -0.05) is 17.1 Å². The predicted molar refractivity (Wildman–Crippen MR) is 120 cm³/mol. The first-order chi connectivity index (χ1) is 14.3. The standard InChI is InChI=1S/C22H26BClN4O2/c1-22(2,21(29)30-3)14-26-6-8-27(9-7-26)20-19-11-16(23)13-28(19)12-15-10-17(24)4-5-18(15)25-20/h4-5,10-11,13H,6-9,12,14H2,1-3H3. The van der Waals surface area contributed by atoms with E-state index in [0.29, 0.717) is 18.1 Å². The van der Waals surface area contributed by atoms with Crippen molar-refractivity contribution in [1.82, 2.24) is 14.4 Å². The number of methoxy groups -OCH3 is 1. The molecule has 0 saturated carbocycles. The van der Waals surface area contributed by atoms with Gasteiger partial charge in [0, 0.05) is 44.3 Å². The highest BCUT2D eigenvalue weighted by Crippen LogP contribution is 2.29. The minimum atomic E-state index is -0.530. The number of amidine groups is 1. The largest absolute Gasteiger partial charge is 0.469 e. The fourth-order valence-electron chi connectivity index (χ4n) is 4.25. The highest BCUT2D eigenvalue weighted by Gasteiger charge is 2.33. The molecule has 156 valence electrons. The Bertz CT molecular complexity index is 993. The number of nitrogens with zero attached hydrogens (tertiary/aromatic N) is 4. The summed E-state index contributed by atoms with van der Waals surface area (Å²) in [5.41, 5.74) is 3.22. The Morgan fingerprint density at radius 1 is 1.23 bits per heavy atom. The number of aliphatic imine (C=N–C) groups is 1. The molecule has 2 aromatic rings. The van der Waals surface area contributed by atoms with Gasteiger partial charge in [0.15, 0.2) is 5.84 Å². The van der Waals surface area contributed by atoms with Crippen molar-refractivity contribution in [3.8, 4) is 0 Å². The maximum absolute atomic E-state index is 12.0. The van der Waals surface area contributed by atoms with E-state index >= 15 is 0 Å². The van der Waals surface area contributed by atoms with E-state index in [4.69, 9.17) is 29.2 Å². The summed E-state index contributed by atoms with van der Waals surface area (Å²) in [6, 6.07) is 7.81. The molecule has 0 amide bonds. The number of fused-ring (bicyclic) bond motifs is 2. The van der Waals surface area contributed by atoms with E-state index in [1.807, 2.05) is 44.3 Å². The van der Waals surface area contributed by atoms with E-state index < -0.39 is 5.41 Å². The van der Waals surface area contributed by atoms with Crippen LogP contribution in [0.25, 0.3) is 0 Å². The molecule has 2 aliphatic heterocycles. The van der Waals surface area contributed by atoms with Crippen molar-refractivity contribution in [3.05, 3.63) is 46.7 Å². The topological polar surface area (TPSA) is 50.1 Å². The summed E-state index contributed by atoms with van der Waals surface area (Å²) in [5.74, 6) is 0.751. The van der Waals surface area contributed by atoms with Crippen LogP contribution in [0.2, 0.25) is 5.02 Å². The molecule has 0 bridgehead atoms. The average molecular weight is 425 g/mol. The van der Waals surface area contributed by atoms with Gasteiger partial charge in [-0.3, -0.25) is 9.69 Å². The Kier molecular flexibility index (Phi) is 5.68. The number of benzene rings is 1. The van der Waals surface area contributed by atoms with Crippen molar-refractivity contribution in [2.24, 2.45) is 10.4 Å². The smallest absolute Gasteiger partial charge is 0.312 e. The molecular weight excluding hydrogens is 399 g/mol. The quantitative estimate of drug-likeness (QED) is 0.560. The Balaban J connectivity index is 1.56. The number of carbonyl (C=O) groups excluding carboxylic acids is 1. The van der Waals surface area contributed by atoms with Crippen molar-refractivity contribution in [2.45, 2.75) is 20.4 Å². The van der Waals surface area contributed by atoms with Crippen LogP contribution in [0.3, 0.4) is 0 Å². The minimum Gasteiger partial charge on any atom is -0.469 e. The number of rotatable bonds is 3. The molecule has 2 aliphatic rings. The molecule has 0 spiro atoms. The van der Waals surface area contributed by atoms with E-state index in [0.717, 1.165) is 54.4 Å². The molecule has 1 aromatic heterocycles. The Morgan fingerprint density at radius 3 is 2.67 bits per heavy atom. The molecule has 0 aliphatic carbocycles. The highest BCUT2D eigenvalue weighted by molar-refractivity contribution is 6.33. The zero-order valence-corrected chi connectivity index (χ0v) is 18.4. The van der Waals surface area contributed by atoms with E-state index in [1.165, 1.54) is 7.11 Å². The van der Waals surface area contributed by atoms with Crippen LogP contribution < -0.4 is 5.46 Å². The molecular formula is C22H26BClN4O2. The van der Waals surface area contributed by atoms with Crippen molar-refractivity contribution < 1.29 is 9.53 Å². The number of hydrogen-bond donors (Lipinski definition) is 0. The van der Waals surface area contributed by atoms with Crippen molar-refractivity contribution >= 4 is 42.4 Å². The molecule has 0 N–H and O–H groups in total. The van der Waals surface area contributed by atoms with Gasteiger partial charge in [-0.05, 0) is 49.9 Å². The van der Waals surface area contributed by atoms with Gasteiger partial charge >= 0.3 is 5.97 Å². The zero-order valence-electron chi connectivity index (χ0n) is 17.7. The lowest BCUT2D eigenvalue weighted by Gasteiger charge is -2.39. The van der Waals surface area contributed by atoms with Crippen LogP contribution in [0.5, 0.6) is 0 Å². The van der Waals surface area contributed by atoms with Crippen LogP contribution in [0, 0.1) is 5.41 Å². The fraction of sp³-hybridized carbons (Fsp3) is 0.455. The third-order valence-electron chi connectivity index (χ3n) is 5.78. The van der Waals surface area contributed by atoms with E-state index in [9.17, 15) is 4.79 Å². The lowest BCUT2D eigenvalue weighted by Crippen LogP contribution is -2.52. The maximum atomic E-state index is 12.0. The summed E-state index contributed by atoms with van der Waals surface area (Å²) in [7, 11) is 7.55. The maximum Gasteiger partial charge on any atom is 0.312 e. The van der Waals surface area contributed by atoms with Crippen molar-refractivity contribution in [3.63, 3.8) is 0 Å². The molecule has 6 nitrogen and oxygen atoms in total. The fourth-order valence-corrected chi connectivity index (χ4v) is 4.44. The van der Waals surface area contributed by atoms with Crippen LogP contribution in [0.1, 0.15) is 25.1 Å². The van der Waals surface area contributed by atoms with Crippen LogP contribution in [-0.2, 0) is 16.1 Å². The second-order valence-electron chi connectivity index (χ2n) is 8.63. The van der Waals surface area contributed by atoms with Gasteiger partial charge in [-0.15, -0.1) is 0 Å². The number of piperazine rings is 1. The summed E-state index contributed by atoms with van der Waals surface area (Å²) >= 11 is 6.22.